The predicted molar refractivity (Wildman–Crippen MR) is 95.3 cm³/mol. The maximum absolute atomic E-state index is 12.7. The Labute approximate surface area is 156 Å². The van der Waals surface area contributed by atoms with E-state index in [1.807, 2.05) is 4.90 Å². The monoisotopic (exact) mass is 367 g/mol. The molecule has 2 bridgehead atoms. The minimum atomic E-state index is -0.243. The highest BCUT2D eigenvalue weighted by molar-refractivity contribution is 6.08. The summed E-state index contributed by atoms with van der Waals surface area (Å²) in [6, 6.07) is 1.77. The zero-order chi connectivity index (χ0) is 18.5. The SMILES string of the molecule is O=C(CN1C(=O)[C@@H]2[C@@H](C1=O)[C@@H]1C=C[C@@H]2C1)N1CCN(c2ncccn2)CC1. The lowest BCUT2D eigenvalue weighted by molar-refractivity contribution is -0.147. The number of carbonyl (C=O) groups excluding carboxylic acids is 3. The van der Waals surface area contributed by atoms with E-state index < -0.39 is 0 Å². The van der Waals surface area contributed by atoms with E-state index >= 15 is 0 Å². The van der Waals surface area contributed by atoms with Crippen molar-refractivity contribution < 1.29 is 14.4 Å². The fourth-order valence-corrected chi connectivity index (χ4v) is 4.97. The van der Waals surface area contributed by atoms with E-state index in [4.69, 9.17) is 0 Å². The van der Waals surface area contributed by atoms with Crippen LogP contribution in [0.3, 0.4) is 0 Å². The number of amides is 3. The van der Waals surface area contributed by atoms with Crippen molar-refractivity contribution in [3.05, 3.63) is 30.6 Å². The normalized spacial score (nSPS) is 31.8. The molecule has 8 heteroatoms. The molecule has 1 aromatic heterocycles. The van der Waals surface area contributed by atoms with Gasteiger partial charge in [-0.2, -0.15) is 0 Å². The van der Waals surface area contributed by atoms with Crippen LogP contribution in [-0.4, -0.2) is 70.2 Å². The summed E-state index contributed by atoms with van der Waals surface area (Å²) in [7, 11) is 0. The highest BCUT2D eigenvalue weighted by atomic mass is 16.2. The van der Waals surface area contributed by atoms with Gasteiger partial charge in [0.05, 0.1) is 11.8 Å². The van der Waals surface area contributed by atoms with E-state index in [0.717, 1.165) is 6.42 Å². The van der Waals surface area contributed by atoms with E-state index in [1.165, 1.54) is 4.90 Å². The summed E-state index contributed by atoms with van der Waals surface area (Å²) in [4.78, 5) is 51.6. The first-order valence-corrected chi connectivity index (χ1v) is 9.47. The van der Waals surface area contributed by atoms with Gasteiger partial charge in [-0.25, -0.2) is 9.97 Å². The average Bonchev–Trinajstić information content (AvgIpc) is 3.39. The molecule has 2 aliphatic heterocycles. The van der Waals surface area contributed by atoms with Crippen molar-refractivity contribution in [2.45, 2.75) is 6.42 Å². The Hall–Kier alpha value is -2.77. The van der Waals surface area contributed by atoms with E-state index in [-0.39, 0.29) is 47.9 Å². The molecule has 1 aromatic rings. The molecule has 0 N–H and O–H groups in total. The zero-order valence-electron chi connectivity index (χ0n) is 14.9. The molecule has 0 spiro atoms. The molecule has 5 rings (SSSR count). The van der Waals surface area contributed by atoms with Crippen molar-refractivity contribution in [3.63, 3.8) is 0 Å². The predicted octanol–water partition coefficient (Wildman–Crippen LogP) is -0.0677. The van der Waals surface area contributed by atoms with E-state index in [0.29, 0.717) is 32.1 Å². The van der Waals surface area contributed by atoms with Crippen LogP contribution in [0, 0.1) is 23.7 Å². The Bertz CT molecular complexity index is 788. The molecule has 140 valence electrons. The molecule has 3 heterocycles. The number of nitrogens with zero attached hydrogens (tertiary/aromatic N) is 5. The third-order valence-electron chi connectivity index (χ3n) is 6.32. The maximum Gasteiger partial charge on any atom is 0.242 e. The first-order chi connectivity index (χ1) is 13.1. The largest absolute Gasteiger partial charge is 0.338 e. The Morgan fingerprint density at radius 2 is 1.56 bits per heavy atom. The lowest BCUT2D eigenvalue weighted by Gasteiger charge is -2.35. The van der Waals surface area contributed by atoms with Gasteiger partial charge in [-0.15, -0.1) is 0 Å². The number of aromatic nitrogens is 2. The summed E-state index contributed by atoms with van der Waals surface area (Å²) in [5.74, 6) is 0.0330. The van der Waals surface area contributed by atoms with Crippen LogP contribution < -0.4 is 4.90 Å². The molecule has 1 saturated carbocycles. The molecule has 8 nitrogen and oxygen atoms in total. The standard InChI is InChI=1S/C19H21N5O3/c25-14(22-6-8-23(9-7-22)19-20-4-1-5-21-19)11-24-17(26)15-12-2-3-13(10-12)16(15)18(24)27/h1-5,12-13,15-16H,6-11H2/t12-,13-,15+,16+/m1/s1. The molecule has 4 aliphatic rings. The van der Waals surface area contributed by atoms with Crippen LogP contribution in [0.2, 0.25) is 0 Å². The number of fused-ring (bicyclic) bond motifs is 5. The summed E-state index contributed by atoms with van der Waals surface area (Å²) in [5.41, 5.74) is 0. The van der Waals surface area contributed by atoms with Crippen LogP contribution >= 0.6 is 0 Å². The summed E-state index contributed by atoms with van der Waals surface area (Å²) in [6.45, 7) is 2.21. The van der Waals surface area contributed by atoms with Gasteiger partial charge < -0.3 is 9.80 Å². The molecule has 4 atom stereocenters. The molecule has 0 radical (unpaired) electrons. The quantitative estimate of drug-likeness (QED) is 0.549. The van der Waals surface area contributed by atoms with Crippen molar-refractivity contribution in [1.29, 1.82) is 0 Å². The minimum absolute atomic E-state index is 0.133. The van der Waals surface area contributed by atoms with Gasteiger partial charge in [0.1, 0.15) is 6.54 Å². The second kappa shape index (κ2) is 6.14. The number of imide groups is 1. The zero-order valence-corrected chi connectivity index (χ0v) is 14.9. The van der Waals surface area contributed by atoms with Gasteiger partial charge in [-0.05, 0) is 24.3 Å². The Kier molecular flexibility index (Phi) is 3.73. The molecule has 3 amide bonds. The van der Waals surface area contributed by atoms with Gasteiger partial charge in [0.15, 0.2) is 0 Å². The third-order valence-corrected chi connectivity index (χ3v) is 6.32. The molecule has 0 aromatic carbocycles. The maximum atomic E-state index is 12.7. The topological polar surface area (TPSA) is 86.7 Å². The van der Waals surface area contributed by atoms with E-state index in [9.17, 15) is 14.4 Å². The lowest BCUT2D eigenvalue weighted by Crippen LogP contribution is -2.52. The van der Waals surface area contributed by atoms with Crippen molar-refractivity contribution in [1.82, 2.24) is 19.8 Å². The fourth-order valence-electron chi connectivity index (χ4n) is 4.97. The second-order valence-corrected chi connectivity index (χ2v) is 7.68. The number of carbonyl (C=O) groups is 3. The highest BCUT2D eigenvalue weighted by Gasteiger charge is 2.59. The van der Waals surface area contributed by atoms with Crippen LogP contribution in [-0.2, 0) is 14.4 Å². The van der Waals surface area contributed by atoms with E-state index in [1.54, 1.807) is 23.4 Å². The molecular formula is C19H21N5O3. The number of anilines is 1. The highest BCUT2D eigenvalue weighted by Crippen LogP contribution is 2.52. The first kappa shape index (κ1) is 16.4. The van der Waals surface area contributed by atoms with Crippen molar-refractivity contribution in [2.24, 2.45) is 23.7 Å². The van der Waals surface area contributed by atoms with Gasteiger partial charge in [-0.1, -0.05) is 12.2 Å². The number of likely N-dealkylation sites (tertiary alicyclic amines) is 1. The summed E-state index contributed by atoms with van der Waals surface area (Å²) >= 11 is 0. The molecular weight excluding hydrogens is 346 g/mol. The van der Waals surface area contributed by atoms with Crippen molar-refractivity contribution in [3.8, 4) is 0 Å². The van der Waals surface area contributed by atoms with Crippen LogP contribution in [0.5, 0.6) is 0 Å². The number of piperazine rings is 1. The number of rotatable bonds is 3. The van der Waals surface area contributed by atoms with Gasteiger partial charge >= 0.3 is 0 Å². The summed E-state index contributed by atoms with van der Waals surface area (Å²) in [6.07, 6.45) is 8.42. The smallest absolute Gasteiger partial charge is 0.242 e. The van der Waals surface area contributed by atoms with Crippen LogP contribution in [0.15, 0.2) is 30.6 Å². The number of hydrogen-bond acceptors (Lipinski definition) is 6. The molecule has 27 heavy (non-hydrogen) atoms. The Morgan fingerprint density at radius 3 is 2.15 bits per heavy atom. The van der Waals surface area contributed by atoms with Gasteiger partial charge in [-0.3, -0.25) is 19.3 Å². The Morgan fingerprint density at radius 1 is 0.963 bits per heavy atom. The van der Waals surface area contributed by atoms with Crippen molar-refractivity contribution in [2.75, 3.05) is 37.6 Å². The summed E-state index contributed by atoms with van der Waals surface area (Å²) < 4.78 is 0. The van der Waals surface area contributed by atoms with Crippen molar-refractivity contribution >= 4 is 23.7 Å². The van der Waals surface area contributed by atoms with Gasteiger partial charge in [0.25, 0.3) is 0 Å². The first-order valence-electron chi connectivity index (χ1n) is 9.47. The lowest BCUT2D eigenvalue weighted by atomic mass is 9.85. The number of allylic oxidation sites excluding steroid dienone is 2. The molecule has 0 unspecified atom stereocenters. The third kappa shape index (κ3) is 2.54. The van der Waals surface area contributed by atoms with E-state index in [2.05, 4.69) is 22.1 Å². The molecule has 2 saturated heterocycles. The van der Waals surface area contributed by atoms with Crippen LogP contribution in [0.1, 0.15) is 6.42 Å². The Balaban J connectivity index is 1.21. The van der Waals surface area contributed by atoms with Crippen LogP contribution in [0.4, 0.5) is 5.95 Å². The fraction of sp³-hybridized carbons (Fsp3) is 0.526. The van der Waals surface area contributed by atoms with Gasteiger partial charge in [0.2, 0.25) is 23.7 Å². The average molecular weight is 367 g/mol. The summed E-state index contributed by atoms with van der Waals surface area (Å²) in [5, 5.41) is 0. The minimum Gasteiger partial charge on any atom is -0.338 e. The molecule has 3 fully saturated rings. The second-order valence-electron chi connectivity index (χ2n) is 7.68. The van der Waals surface area contributed by atoms with Crippen LogP contribution in [0.25, 0.3) is 0 Å². The van der Waals surface area contributed by atoms with Gasteiger partial charge in [0, 0.05) is 38.6 Å². The number of hydrogen-bond donors (Lipinski definition) is 0. The molecule has 2 aliphatic carbocycles.